The molecule has 0 amide bonds. The number of nitrogens with one attached hydrogen (secondary N) is 1. The minimum Gasteiger partial charge on any atom is -0.396 e. The van der Waals surface area contributed by atoms with Gasteiger partial charge in [0.1, 0.15) is 16.2 Å². The van der Waals surface area contributed by atoms with Crippen LogP contribution in [0.2, 0.25) is 0 Å². The van der Waals surface area contributed by atoms with E-state index in [9.17, 15) is 0 Å². The zero-order chi connectivity index (χ0) is 13.9. The van der Waals surface area contributed by atoms with Gasteiger partial charge in [-0.25, -0.2) is 9.97 Å². The van der Waals surface area contributed by atoms with Crippen LogP contribution >= 0.6 is 15.9 Å². The Kier molecular flexibility index (Phi) is 5.10. The molecule has 1 aromatic heterocycles. The molecule has 2 unspecified atom stereocenters. The molecule has 0 saturated carbocycles. The summed E-state index contributed by atoms with van der Waals surface area (Å²) in [6.45, 7) is 10.4. The molecule has 0 aromatic carbocycles. The van der Waals surface area contributed by atoms with Crippen LogP contribution < -0.4 is 5.32 Å². The smallest absolute Gasteiger partial charge is 0.137 e. The summed E-state index contributed by atoms with van der Waals surface area (Å²) in [7, 11) is 0. The van der Waals surface area contributed by atoms with Gasteiger partial charge in [-0.1, -0.05) is 27.7 Å². The molecule has 18 heavy (non-hydrogen) atoms. The fourth-order valence-corrected chi connectivity index (χ4v) is 1.75. The summed E-state index contributed by atoms with van der Waals surface area (Å²) in [6.07, 6.45) is 0. The molecule has 0 bridgehead atoms. The Morgan fingerprint density at radius 3 is 2.44 bits per heavy atom. The Morgan fingerprint density at radius 1 is 1.33 bits per heavy atom. The second kappa shape index (κ2) is 5.97. The number of aromatic nitrogens is 2. The van der Waals surface area contributed by atoms with E-state index in [2.05, 4.69) is 52.0 Å². The van der Waals surface area contributed by atoms with E-state index >= 15 is 0 Å². The van der Waals surface area contributed by atoms with Crippen molar-refractivity contribution in [2.75, 3.05) is 11.9 Å². The summed E-state index contributed by atoms with van der Waals surface area (Å²) in [4.78, 5) is 8.92. The van der Waals surface area contributed by atoms with E-state index < -0.39 is 0 Å². The number of halogens is 1. The van der Waals surface area contributed by atoms with Crippen molar-refractivity contribution in [2.45, 2.75) is 46.1 Å². The van der Waals surface area contributed by atoms with Crippen LogP contribution in [0.25, 0.3) is 0 Å². The molecule has 0 fully saturated rings. The summed E-state index contributed by atoms with van der Waals surface area (Å²) in [5, 5.41) is 12.4. The first-order valence-corrected chi connectivity index (χ1v) is 6.95. The van der Waals surface area contributed by atoms with Crippen LogP contribution in [0.5, 0.6) is 0 Å². The Balaban J connectivity index is 2.94. The molecule has 1 rings (SSSR count). The third-order valence-corrected chi connectivity index (χ3v) is 3.29. The van der Waals surface area contributed by atoms with Gasteiger partial charge in [-0.2, -0.15) is 0 Å². The fourth-order valence-electron chi connectivity index (χ4n) is 1.36. The highest BCUT2D eigenvalue weighted by atomic mass is 79.9. The van der Waals surface area contributed by atoms with Gasteiger partial charge in [0.25, 0.3) is 0 Å². The van der Waals surface area contributed by atoms with Crippen LogP contribution in [0.1, 0.15) is 40.4 Å². The fraction of sp³-hybridized carbons (Fsp3) is 0.692. The van der Waals surface area contributed by atoms with E-state index in [1.807, 2.05) is 19.9 Å². The van der Waals surface area contributed by atoms with Gasteiger partial charge in [0.05, 0.1) is 0 Å². The third kappa shape index (κ3) is 4.21. The molecular formula is C13H22BrN3O. The van der Waals surface area contributed by atoms with E-state index in [4.69, 9.17) is 5.11 Å². The van der Waals surface area contributed by atoms with E-state index in [0.29, 0.717) is 0 Å². The first-order valence-electron chi connectivity index (χ1n) is 6.16. The predicted octanol–water partition coefficient (Wildman–Crippen LogP) is 2.97. The number of aliphatic hydroxyl groups excluding tert-OH is 1. The monoisotopic (exact) mass is 315 g/mol. The van der Waals surface area contributed by atoms with E-state index in [1.54, 1.807) is 0 Å². The van der Waals surface area contributed by atoms with Gasteiger partial charge in [-0.3, -0.25) is 0 Å². The van der Waals surface area contributed by atoms with Crippen molar-refractivity contribution in [3.8, 4) is 0 Å². The molecule has 0 aliphatic rings. The lowest BCUT2D eigenvalue weighted by atomic mass is 9.96. The van der Waals surface area contributed by atoms with Gasteiger partial charge in [-0.05, 0) is 28.8 Å². The molecule has 4 nitrogen and oxygen atoms in total. The summed E-state index contributed by atoms with van der Waals surface area (Å²) >= 11 is 3.41. The van der Waals surface area contributed by atoms with Gasteiger partial charge in [0.15, 0.2) is 0 Å². The second-order valence-electron chi connectivity index (χ2n) is 5.74. The average Bonchev–Trinajstić information content (AvgIpc) is 2.25. The van der Waals surface area contributed by atoms with Crippen molar-refractivity contribution in [3.63, 3.8) is 0 Å². The number of hydrogen-bond donors (Lipinski definition) is 2. The Labute approximate surface area is 117 Å². The lowest BCUT2D eigenvalue weighted by Gasteiger charge is -2.22. The number of aliphatic hydroxyl groups is 1. The van der Waals surface area contributed by atoms with Crippen molar-refractivity contribution >= 4 is 21.7 Å². The molecule has 1 heterocycles. The molecule has 2 atom stereocenters. The van der Waals surface area contributed by atoms with Crippen LogP contribution in [0, 0.1) is 5.92 Å². The average molecular weight is 316 g/mol. The summed E-state index contributed by atoms with van der Waals surface area (Å²) < 4.78 is 0.772. The lowest BCUT2D eigenvalue weighted by molar-refractivity contribution is 0.226. The maximum absolute atomic E-state index is 9.14. The van der Waals surface area contributed by atoms with Gasteiger partial charge in [-0.15, -0.1) is 0 Å². The third-order valence-electron chi connectivity index (χ3n) is 2.88. The summed E-state index contributed by atoms with van der Waals surface area (Å²) in [5.41, 5.74) is -0.0912. The quantitative estimate of drug-likeness (QED) is 0.839. The highest BCUT2D eigenvalue weighted by molar-refractivity contribution is 9.10. The number of rotatable bonds is 4. The summed E-state index contributed by atoms with van der Waals surface area (Å²) in [5.74, 6) is 1.76. The number of anilines is 1. The largest absolute Gasteiger partial charge is 0.396 e. The molecule has 0 aliphatic carbocycles. The molecule has 102 valence electrons. The minimum atomic E-state index is -0.0912. The maximum Gasteiger partial charge on any atom is 0.137 e. The van der Waals surface area contributed by atoms with Gasteiger partial charge in [0.2, 0.25) is 0 Å². The molecular weight excluding hydrogens is 294 g/mol. The summed E-state index contributed by atoms with van der Waals surface area (Å²) in [6, 6.07) is 2.01. The molecule has 0 radical (unpaired) electrons. The number of nitrogens with zero attached hydrogens (tertiary/aromatic N) is 2. The molecule has 0 saturated heterocycles. The van der Waals surface area contributed by atoms with E-state index in [1.165, 1.54) is 0 Å². The zero-order valence-corrected chi connectivity index (χ0v) is 13.2. The van der Waals surface area contributed by atoms with Crippen molar-refractivity contribution in [1.82, 2.24) is 9.97 Å². The van der Waals surface area contributed by atoms with E-state index in [0.717, 1.165) is 16.2 Å². The highest BCUT2D eigenvalue weighted by Crippen LogP contribution is 2.23. The van der Waals surface area contributed by atoms with Crippen LogP contribution in [0.15, 0.2) is 10.7 Å². The lowest BCUT2D eigenvalue weighted by Crippen LogP contribution is -2.27. The maximum atomic E-state index is 9.14. The standard InChI is InChI=1S/C13H22BrN3O/c1-8(7-18)9(2)15-11-6-10(14)16-12(17-11)13(3,4)5/h6,8-9,18H,7H2,1-5H3,(H,15,16,17). The Morgan fingerprint density at radius 2 is 1.94 bits per heavy atom. The molecule has 0 aliphatic heterocycles. The Bertz CT molecular complexity index is 404. The van der Waals surface area contributed by atoms with Crippen molar-refractivity contribution in [2.24, 2.45) is 5.92 Å². The van der Waals surface area contributed by atoms with E-state index in [-0.39, 0.29) is 24.0 Å². The van der Waals surface area contributed by atoms with Crippen LogP contribution in [0.4, 0.5) is 5.82 Å². The van der Waals surface area contributed by atoms with Crippen molar-refractivity contribution in [3.05, 3.63) is 16.5 Å². The van der Waals surface area contributed by atoms with Gasteiger partial charge >= 0.3 is 0 Å². The van der Waals surface area contributed by atoms with Crippen LogP contribution in [-0.4, -0.2) is 27.7 Å². The zero-order valence-electron chi connectivity index (χ0n) is 11.7. The Hall–Kier alpha value is -0.680. The van der Waals surface area contributed by atoms with Gasteiger partial charge < -0.3 is 10.4 Å². The topological polar surface area (TPSA) is 58.0 Å². The van der Waals surface area contributed by atoms with Crippen molar-refractivity contribution < 1.29 is 5.11 Å². The normalized spacial score (nSPS) is 15.3. The molecule has 5 heteroatoms. The van der Waals surface area contributed by atoms with Crippen molar-refractivity contribution in [1.29, 1.82) is 0 Å². The number of hydrogen-bond acceptors (Lipinski definition) is 4. The molecule has 0 spiro atoms. The van der Waals surface area contributed by atoms with Crippen LogP contribution in [0.3, 0.4) is 0 Å². The first kappa shape index (κ1) is 15.4. The minimum absolute atomic E-state index is 0.0912. The molecule has 2 N–H and O–H groups in total. The SMILES string of the molecule is CC(CO)C(C)Nc1cc(Br)nc(C(C)(C)C)n1. The van der Waals surface area contributed by atoms with Crippen LogP contribution in [-0.2, 0) is 5.41 Å². The van der Waals surface area contributed by atoms with Gasteiger partial charge in [0, 0.05) is 24.1 Å². The molecule has 1 aromatic rings. The second-order valence-corrected chi connectivity index (χ2v) is 6.55. The predicted molar refractivity (Wildman–Crippen MR) is 77.8 cm³/mol. The first-order chi connectivity index (χ1) is 8.24. The highest BCUT2D eigenvalue weighted by Gasteiger charge is 2.19.